The first-order chi connectivity index (χ1) is 15.9. The molecule has 0 saturated carbocycles. The molecule has 0 aliphatic rings. The number of nitrogens with one attached hydrogen (secondary N) is 2. The Kier molecular flexibility index (Phi) is 8.26. The van der Waals surface area contributed by atoms with Gasteiger partial charge in [-0.25, -0.2) is 0 Å². The van der Waals surface area contributed by atoms with Crippen molar-refractivity contribution in [3.8, 4) is 5.75 Å². The summed E-state index contributed by atoms with van der Waals surface area (Å²) in [6.07, 6.45) is 1.72. The standard InChI is InChI=1S/C24H27N5O3S/c1-5-12-29-21(14-25-23(31)18-9-7-6-8-17(18)3)27-28-24(29)33-15-22(30)26-19-13-16(2)10-11-20(19)32-4/h5-11,13H,1,12,14-15H2,2-4H3,(H,25,31)(H,26,30). The topological polar surface area (TPSA) is 98.1 Å². The van der Waals surface area contributed by atoms with Crippen LogP contribution < -0.4 is 15.4 Å². The van der Waals surface area contributed by atoms with Gasteiger partial charge in [-0.1, -0.05) is 42.1 Å². The van der Waals surface area contributed by atoms with E-state index < -0.39 is 0 Å². The van der Waals surface area contributed by atoms with Gasteiger partial charge in [0.05, 0.1) is 25.1 Å². The Morgan fingerprint density at radius 2 is 1.97 bits per heavy atom. The van der Waals surface area contributed by atoms with Crippen LogP contribution in [-0.4, -0.2) is 39.4 Å². The Morgan fingerprint density at radius 3 is 2.70 bits per heavy atom. The molecule has 8 nitrogen and oxygen atoms in total. The maximum absolute atomic E-state index is 12.5. The molecule has 0 spiro atoms. The van der Waals surface area contributed by atoms with Crippen molar-refractivity contribution in [2.45, 2.75) is 32.1 Å². The fraction of sp³-hybridized carbons (Fsp3) is 0.250. The summed E-state index contributed by atoms with van der Waals surface area (Å²) in [5, 5.41) is 14.7. The molecule has 3 aromatic rings. The maximum atomic E-state index is 12.5. The first-order valence-corrected chi connectivity index (χ1v) is 11.4. The van der Waals surface area contributed by atoms with E-state index in [1.54, 1.807) is 19.3 Å². The maximum Gasteiger partial charge on any atom is 0.251 e. The van der Waals surface area contributed by atoms with Crippen LogP contribution in [0.15, 0.2) is 60.3 Å². The zero-order valence-electron chi connectivity index (χ0n) is 18.9. The summed E-state index contributed by atoms with van der Waals surface area (Å²) in [5.41, 5.74) is 3.15. The monoisotopic (exact) mass is 465 g/mol. The van der Waals surface area contributed by atoms with Crippen molar-refractivity contribution in [1.82, 2.24) is 20.1 Å². The van der Waals surface area contributed by atoms with Gasteiger partial charge in [-0.15, -0.1) is 16.8 Å². The number of rotatable bonds is 10. The molecule has 3 rings (SSSR count). The Morgan fingerprint density at radius 1 is 1.18 bits per heavy atom. The third-order valence-corrected chi connectivity index (χ3v) is 5.83. The number of carbonyl (C=O) groups is 2. The van der Waals surface area contributed by atoms with Crippen LogP contribution in [0.25, 0.3) is 0 Å². The zero-order valence-corrected chi connectivity index (χ0v) is 19.7. The summed E-state index contributed by atoms with van der Waals surface area (Å²) >= 11 is 1.26. The van der Waals surface area contributed by atoms with Gasteiger partial charge in [0.25, 0.3) is 5.91 Å². The lowest BCUT2D eigenvalue weighted by Gasteiger charge is -2.11. The summed E-state index contributed by atoms with van der Waals surface area (Å²) in [7, 11) is 1.56. The van der Waals surface area contributed by atoms with Gasteiger partial charge in [-0.3, -0.25) is 9.59 Å². The van der Waals surface area contributed by atoms with Gasteiger partial charge in [0.2, 0.25) is 5.91 Å². The number of anilines is 1. The molecule has 9 heteroatoms. The van der Waals surface area contributed by atoms with Crippen molar-refractivity contribution < 1.29 is 14.3 Å². The van der Waals surface area contributed by atoms with E-state index in [1.165, 1.54) is 11.8 Å². The van der Waals surface area contributed by atoms with E-state index in [0.717, 1.165) is 11.1 Å². The molecule has 1 heterocycles. The Labute approximate surface area is 197 Å². The fourth-order valence-corrected chi connectivity index (χ4v) is 3.95. The largest absolute Gasteiger partial charge is 0.495 e. The molecule has 0 atom stereocenters. The Hall–Kier alpha value is -3.59. The van der Waals surface area contributed by atoms with Crippen LogP contribution in [0.1, 0.15) is 27.3 Å². The molecule has 0 radical (unpaired) electrons. The number of allylic oxidation sites excluding steroid dienone is 1. The van der Waals surface area contributed by atoms with Crippen molar-refractivity contribution >= 4 is 29.3 Å². The van der Waals surface area contributed by atoms with Gasteiger partial charge in [-0.2, -0.15) is 0 Å². The van der Waals surface area contributed by atoms with E-state index >= 15 is 0 Å². The number of aromatic nitrogens is 3. The number of ether oxygens (including phenoxy) is 1. The number of thioether (sulfide) groups is 1. The number of hydrogen-bond donors (Lipinski definition) is 2. The molecule has 0 aliphatic heterocycles. The van der Waals surface area contributed by atoms with Gasteiger partial charge in [0.1, 0.15) is 5.75 Å². The highest BCUT2D eigenvalue weighted by Gasteiger charge is 2.16. The number of methoxy groups -OCH3 is 1. The van der Waals surface area contributed by atoms with Gasteiger partial charge >= 0.3 is 0 Å². The molecular weight excluding hydrogens is 438 g/mol. The molecule has 33 heavy (non-hydrogen) atoms. The molecular formula is C24H27N5O3S. The lowest BCUT2D eigenvalue weighted by atomic mass is 10.1. The van der Waals surface area contributed by atoms with Crippen LogP contribution in [0.5, 0.6) is 5.75 Å². The van der Waals surface area contributed by atoms with Crippen LogP contribution in [0.4, 0.5) is 5.69 Å². The number of carbonyl (C=O) groups excluding carboxylic acids is 2. The average Bonchev–Trinajstić information content (AvgIpc) is 3.18. The molecule has 2 N–H and O–H groups in total. The third kappa shape index (κ3) is 6.23. The summed E-state index contributed by atoms with van der Waals surface area (Å²) in [6, 6.07) is 13.0. The molecule has 0 aliphatic carbocycles. The van der Waals surface area contributed by atoms with Gasteiger partial charge in [0, 0.05) is 12.1 Å². The second kappa shape index (κ2) is 11.3. The molecule has 2 amide bonds. The smallest absolute Gasteiger partial charge is 0.251 e. The molecule has 2 aromatic carbocycles. The van der Waals surface area contributed by atoms with E-state index in [9.17, 15) is 9.59 Å². The number of amides is 2. The van der Waals surface area contributed by atoms with Crippen LogP contribution in [0, 0.1) is 13.8 Å². The van der Waals surface area contributed by atoms with Gasteiger partial charge in [-0.05, 0) is 43.2 Å². The van der Waals surface area contributed by atoms with Crippen molar-refractivity contribution in [1.29, 1.82) is 0 Å². The first-order valence-electron chi connectivity index (χ1n) is 10.4. The minimum Gasteiger partial charge on any atom is -0.495 e. The van der Waals surface area contributed by atoms with Crippen LogP contribution >= 0.6 is 11.8 Å². The quantitative estimate of drug-likeness (QED) is 0.350. The number of hydrogen-bond acceptors (Lipinski definition) is 6. The molecule has 0 unspecified atom stereocenters. The van der Waals surface area contributed by atoms with Crippen molar-refractivity contribution in [3.05, 3.63) is 77.6 Å². The van der Waals surface area contributed by atoms with E-state index in [4.69, 9.17) is 4.74 Å². The Bertz CT molecular complexity index is 1160. The van der Waals surface area contributed by atoms with E-state index in [1.807, 2.05) is 54.8 Å². The molecule has 1 aromatic heterocycles. The summed E-state index contributed by atoms with van der Waals surface area (Å²) in [5.74, 6) is 0.955. The predicted octanol–water partition coefficient (Wildman–Crippen LogP) is 3.75. The highest BCUT2D eigenvalue weighted by atomic mass is 32.2. The summed E-state index contributed by atoms with van der Waals surface area (Å²) < 4.78 is 7.14. The van der Waals surface area contributed by atoms with Crippen molar-refractivity contribution in [2.75, 3.05) is 18.2 Å². The van der Waals surface area contributed by atoms with Gasteiger partial charge < -0.3 is 19.9 Å². The average molecular weight is 466 g/mol. The molecule has 0 saturated heterocycles. The van der Waals surface area contributed by atoms with Gasteiger partial charge in [0.15, 0.2) is 11.0 Å². The number of aryl methyl sites for hydroxylation is 2. The fourth-order valence-electron chi connectivity index (χ4n) is 3.19. The van der Waals surface area contributed by atoms with Crippen LogP contribution in [-0.2, 0) is 17.9 Å². The lowest BCUT2D eigenvalue weighted by Crippen LogP contribution is -2.25. The number of benzene rings is 2. The van der Waals surface area contributed by atoms with E-state index in [0.29, 0.717) is 34.5 Å². The van der Waals surface area contributed by atoms with E-state index in [2.05, 4.69) is 27.4 Å². The highest BCUT2D eigenvalue weighted by Crippen LogP contribution is 2.26. The minimum atomic E-state index is -0.188. The second-order valence-corrected chi connectivity index (χ2v) is 8.28. The lowest BCUT2D eigenvalue weighted by molar-refractivity contribution is -0.113. The van der Waals surface area contributed by atoms with Crippen LogP contribution in [0.2, 0.25) is 0 Å². The number of nitrogens with zero attached hydrogens (tertiary/aromatic N) is 3. The summed E-state index contributed by atoms with van der Waals surface area (Å²) in [6.45, 7) is 8.29. The predicted molar refractivity (Wildman–Crippen MR) is 130 cm³/mol. The Balaban J connectivity index is 1.64. The SMILES string of the molecule is C=CCn1c(CNC(=O)c2ccccc2C)nnc1SCC(=O)Nc1cc(C)ccc1OC. The zero-order chi connectivity index (χ0) is 23.8. The summed E-state index contributed by atoms with van der Waals surface area (Å²) in [4.78, 5) is 25.0. The molecule has 0 fully saturated rings. The highest BCUT2D eigenvalue weighted by molar-refractivity contribution is 7.99. The second-order valence-electron chi connectivity index (χ2n) is 7.34. The van der Waals surface area contributed by atoms with Crippen molar-refractivity contribution in [2.24, 2.45) is 0 Å². The minimum absolute atomic E-state index is 0.141. The van der Waals surface area contributed by atoms with E-state index in [-0.39, 0.29) is 24.1 Å². The normalized spacial score (nSPS) is 10.5. The first kappa shape index (κ1) is 24.1. The van der Waals surface area contributed by atoms with Crippen molar-refractivity contribution in [3.63, 3.8) is 0 Å². The van der Waals surface area contributed by atoms with Crippen LogP contribution in [0.3, 0.4) is 0 Å². The molecule has 172 valence electrons. The molecule has 0 bridgehead atoms. The third-order valence-electron chi connectivity index (χ3n) is 4.86.